The molecule has 1 aliphatic rings. The maximum atomic E-state index is 5.81. The Morgan fingerprint density at radius 1 is 1.50 bits per heavy atom. The monoisotopic (exact) mass is 211 g/mol. The van der Waals surface area contributed by atoms with Crippen molar-refractivity contribution in [3.05, 3.63) is 17.5 Å². The molecule has 76 valence electrons. The Labute approximate surface area is 89.1 Å². The fourth-order valence-corrected chi connectivity index (χ4v) is 1.73. The Morgan fingerprint density at radius 3 is 2.86 bits per heavy atom. The van der Waals surface area contributed by atoms with Gasteiger partial charge in [-0.2, -0.15) is 0 Å². The predicted molar refractivity (Wildman–Crippen MR) is 57.7 cm³/mol. The van der Waals surface area contributed by atoms with Crippen LogP contribution < -0.4 is 4.90 Å². The molecule has 14 heavy (non-hydrogen) atoms. The van der Waals surface area contributed by atoms with Gasteiger partial charge in [0.25, 0.3) is 0 Å². The van der Waals surface area contributed by atoms with Crippen LogP contribution >= 0.6 is 11.6 Å². The number of anilines is 1. The maximum absolute atomic E-state index is 5.81. The van der Waals surface area contributed by atoms with E-state index in [1.807, 2.05) is 0 Å². The fraction of sp³-hybridized carbons (Fsp3) is 0.600. The van der Waals surface area contributed by atoms with E-state index in [9.17, 15) is 0 Å². The molecule has 1 aromatic heterocycles. The minimum atomic E-state index is 0.476. The first kappa shape index (κ1) is 9.71. The van der Waals surface area contributed by atoms with E-state index in [4.69, 9.17) is 11.6 Å². The molecule has 0 aliphatic heterocycles. The lowest BCUT2D eigenvalue weighted by Gasteiger charge is -2.22. The van der Waals surface area contributed by atoms with Gasteiger partial charge in [0.1, 0.15) is 11.0 Å². The van der Waals surface area contributed by atoms with Gasteiger partial charge in [0.15, 0.2) is 0 Å². The average molecular weight is 212 g/mol. The summed E-state index contributed by atoms with van der Waals surface area (Å²) in [5.74, 6) is 0.918. The van der Waals surface area contributed by atoms with Crippen LogP contribution in [0, 0.1) is 0 Å². The van der Waals surface area contributed by atoms with Gasteiger partial charge < -0.3 is 4.90 Å². The molecule has 0 aromatic carbocycles. The molecule has 1 aromatic rings. The summed E-state index contributed by atoms with van der Waals surface area (Å²) >= 11 is 5.81. The number of rotatable bonds is 4. The second-order valence-electron chi connectivity index (χ2n) is 3.62. The molecule has 0 radical (unpaired) electrons. The lowest BCUT2D eigenvalue weighted by atomic mass is 10.4. The molecular formula is C10H14ClN3. The van der Waals surface area contributed by atoms with E-state index < -0.39 is 0 Å². The van der Waals surface area contributed by atoms with Gasteiger partial charge in [0.05, 0.1) is 12.4 Å². The first-order valence-corrected chi connectivity index (χ1v) is 5.43. The minimum Gasteiger partial charge on any atom is -0.352 e. The summed E-state index contributed by atoms with van der Waals surface area (Å²) in [6.45, 7) is 3.22. The summed E-state index contributed by atoms with van der Waals surface area (Å²) in [7, 11) is 0. The highest BCUT2D eigenvalue weighted by Gasteiger charge is 2.29. The fourth-order valence-electron chi connectivity index (χ4n) is 1.58. The zero-order valence-corrected chi connectivity index (χ0v) is 9.04. The van der Waals surface area contributed by atoms with Gasteiger partial charge in [0, 0.05) is 12.6 Å². The van der Waals surface area contributed by atoms with E-state index in [1.165, 1.54) is 12.8 Å². The largest absolute Gasteiger partial charge is 0.352 e. The lowest BCUT2D eigenvalue weighted by Crippen LogP contribution is -2.27. The second kappa shape index (κ2) is 4.13. The molecule has 4 heteroatoms. The molecule has 0 spiro atoms. The van der Waals surface area contributed by atoms with E-state index in [0.717, 1.165) is 18.8 Å². The summed E-state index contributed by atoms with van der Waals surface area (Å²) in [6.07, 6.45) is 7.04. The molecule has 3 nitrogen and oxygen atoms in total. The van der Waals surface area contributed by atoms with Crippen molar-refractivity contribution in [1.82, 2.24) is 9.97 Å². The van der Waals surface area contributed by atoms with Crippen molar-refractivity contribution in [2.24, 2.45) is 0 Å². The van der Waals surface area contributed by atoms with Crippen molar-refractivity contribution in [3.8, 4) is 0 Å². The van der Waals surface area contributed by atoms with Crippen LogP contribution in [0.4, 0.5) is 5.82 Å². The van der Waals surface area contributed by atoms with Crippen LogP contribution in [0.5, 0.6) is 0 Å². The highest BCUT2D eigenvalue weighted by molar-refractivity contribution is 6.29. The number of hydrogen-bond acceptors (Lipinski definition) is 3. The van der Waals surface area contributed by atoms with Crippen molar-refractivity contribution in [2.45, 2.75) is 32.2 Å². The third-order valence-corrected chi connectivity index (χ3v) is 2.52. The molecule has 0 amide bonds. The van der Waals surface area contributed by atoms with Gasteiger partial charge in [-0.3, -0.25) is 4.98 Å². The first-order valence-electron chi connectivity index (χ1n) is 5.05. The quantitative estimate of drug-likeness (QED) is 0.767. The second-order valence-corrected chi connectivity index (χ2v) is 4.01. The van der Waals surface area contributed by atoms with Crippen molar-refractivity contribution >= 4 is 17.4 Å². The maximum Gasteiger partial charge on any atom is 0.149 e. The van der Waals surface area contributed by atoms with Crippen molar-refractivity contribution in [1.29, 1.82) is 0 Å². The Hall–Kier alpha value is -0.830. The molecule has 2 rings (SSSR count). The third-order valence-electron chi connectivity index (χ3n) is 2.34. The molecule has 0 bridgehead atoms. The van der Waals surface area contributed by atoms with Gasteiger partial charge in [-0.05, 0) is 19.3 Å². The Balaban J connectivity index is 2.16. The van der Waals surface area contributed by atoms with Gasteiger partial charge >= 0.3 is 0 Å². The third kappa shape index (κ3) is 2.15. The molecule has 1 heterocycles. The first-order chi connectivity index (χ1) is 6.81. The summed E-state index contributed by atoms with van der Waals surface area (Å²) < 4.78 is 0. The van der Waals surface area contributed by atoms with Crippen LogP contribution in [-0.4, -0.2) is 22.6 Å². The molecule has 1 fully saturated rings. The average Bonchev–Trinajstić information content (AvgIpc) is 2.97. The number of aromatic nitrogens is 2. The highest BCUT2D eigenvalue weighted by atomic mass is 35.5. The number of halogens is 1. The summed E-state index contributed by atoms with van der Waals surface area (Å²) in [5, 5.41) is 0.476. The number of nitrogens with zero attached hydrogens (tertiary/aromatic N) is 3. The zero-order valence-electron chi connectivity index (χ0n) is 8.28. The Morgan fingerprint density at radius 2 is 2.29 bits per heavy atom. The summed E-state index contributed by atoms with van der Waals surface area (Å²) in [6, 6.07) is 0.669. The summed E-state index contributed by atoms with van der Waals surface area (Å²) in [5.41, 5.74) is 0. The van der Waals surface area contributed by atoms with Crippen LogP contribution in [0.2, 0.25) is 5.15 Å². The molecule has 1 aliphatic carbocycles. The van der Waals surface area contributed by atoms with Gasteiger partial charge in [-0.25, -0.2) is 4.98 Å². The molecule has 1 saturated carbocycles. The van der Waals surface area contributed by atoms with Crippen LogP contribution in [0.1, 0.15) is 26.2 Å². The predicted octanol–water partition coefficient (Wildman–Crippen LogP) is 2.51. The smallest absolute Gasteiger partial charge is 0.149 e. The molecule has 0 saturated heterocycles. The van der Waals surface area contributed by atoms with E-state index in [-0.39, 0.29) is 0 Å². The molecular weight excluding hydrogens is 198 g/mol. The number of hydrogen-bond donors (Lipinski definition) is 0. The van der Waals surface area contributed by atoms with E-state index in [0.29, 0.717) is 11.2 Å². The molecule has 0 N–H and O–H groups in total. The molecule has 0 unspecified atom stereocenters. The van der Waals surface area contributed by atoms with Crippen molar-refractivity contribution in [3.63, 3.8) is 0 Å². The van der Waals surface area contributed by atoms with Gasteiger partial charge in [-0.1, -0.05) is 18.5 Å². The Bertz CT molecular complexity index is 312. The standard InChI is InChI=1S/C10H14ClN3/c1-2-5-14(8-3-4-8)10-7-12-6-9(11)13-10/h6-8H,2-5H2,1H3. The minimum absolute atomic E-state index is 0.476. The van der Waals surface area contributed by atoms with E-state index in [2.05, 4.69) is 21.8 Å². The topological polar surface area (TPSA) is 29.0 Å². The lowest BCUT2D eigenvalue weighted by molar-refractivity contribution is 0.748. The van der Waals surface area contributed by atoms with Crippen LogP contribution in [0.25, 0.3) is 0 Å². The zero-order chi connectivity index (χ0) is 9.97. The summed E-state index contributed by atoms with van der Waals surface area (Å²) in [4.78, 5) is 10.6. The van der Waals surface area contributed by atoms with E-state index in [1.54, 1.807) is 12.4 Å². The van der Waals surface area contributed by atoms with Gasteiger partial charge in [-0.15, -0.1) is 0 Å². The van der Waals surface area contributed by atoms with Crippen LogP contribution in [0.3, 0.4) is 0 Å². The van der Waals surface area contributed by atoms with E-state index >= 15 is 0 Å². The van der Waals surface area contributed by atoms with Crippen molar-refractivity contribution < 1.29 is 0 Å². The highest BCUT2D eigenvalue weighted by Crippen LogP contribution is 2.30. The normalized spacial score (nSPS) is 15.6. The van der Waals surface area contributed by atoms with Crippen molar-refractivity contribution in [2.75, 3.05) is 11.4 Å². The van der Waals surface area contributed by atoms with Crippen LogP contribution in [0.15, 0.2) is 12.4 Å². The SMILES string of the molecule is CCCN(c1cncc(Cl)n1)C1CC1. The van der Waals surface area contributed by atoms with Crippen LogP contribution in [-0.2, 0) is 0 Å². The van der Waals surface area contributed by atoms with Gasteiger partial charge in [0.2, 0.25) is 0 Å². The molecule has 0 atom stereocenters. The Kier molecular flexibility index (Phi) is 2.87.